The van der Waals surface area contributed by atoms with Crippen molar-refractivity contribution in [2.24, 2.45) is 0 Å². The first kappa shape index (κ1) is 10.6. The van der Waals surface area contributed by atoms with Crippen LogP contribution in [0.2, 0.25) is 0 Å². The highest BCUT2D eigenvalue weighted by molar-refractivity contribution is 9.10. The van der Waals surface area contributed by atoms with Crippen molar-refractivity contribution < 1.29 is 4.42 Å². The van der Waals surface area contributed by atoms with Gasteiger partial charge in [0, 0.05) is 15.2 Å². The van der Waals surface area contributed by atoms with Gasteiger partial charge in [0.05, 0.1) is 11.8 Å². The van der Waals surface area contributed by atoms with E-state index in [1.165, 1.54) is 6.26 Å². The Balaban J connectivity index is 2.70. The standard InChI is InChI=1S/C13H10BrNO2/c1-6-3-8-10-7(2)5-17-13(16)12(10)15-11(8)9(14)4-6/h3-5,15H,1-2H3. The predicted octanol–water partition coefficient (Wildman–Crippen LogP) is 3.65. The smallest absolute Gasteiger partial charge is 0.360 e. The summed E-state index contributed by atoms with van der Waals surface area (Å²) >= 11 is 3.51. The zero-order valence-corrected chi connectivity index (χ0v) is 11.0. The molecule has 3 aromatic rings. The molecule has 0 fully saturated rings. The molecule has 0 aliphatic heterocycles. The van der Waals surface area contributed by atoms with E-state index in [9.17, 15) is 4.79 Å². The Kier molecular flexibility index (Phi) is 2.16. The van der Waals surface area contributed by atoms with Crippen LogP contribution in [0.1, 0.15) is 11.1 Å². The van der Waals surface area contributed by atoms with E-state index in [1.54, 1.807) is 0 Å². The molecule has 3 nitrogen and oxygen atoms in total. The average Bonchev–Trinajstić information content (AvgIpc) is 2.64. The van der Waals surface area contributed by atoms with Crippen molar-refractivity contribution in [3.05, 3.63) is 44.4 Å². The van der Waals surface area contributed by atoms with Gasteiger partial charge >= 0.3 is 5.63 Å². The number of aromatic amines is 1. The van der Waals surface area contributed by atoms with Gasteiger partial charge in [-0.1, -0.05) is 0 Å². The summed E-state index contributed by atoms with van der Waals surface area (Å²) in [4.78, 5) is 14.8. The molecule has 4 heteroatoms. The van der Waals surface area contributed by atoms with Gasteiger partial charge in [0.2, 0.25) is 0 Å². The molecule has 86 valence electrons. The monoisotopic (exact) mass is 291 g/mol. The Bertz CT molecular complexity index is 798. The fourth-order valence-electron chi connectivity index (χ4n) is 2.21. The zero-order valence-electron chi connectivity index (χ0n) is 9.43. The van der Waals surface area contributed by atoms with E-state index in [0.717, 1.165) is 31.9 Å². The third kappa shape index (κ3) is 1.44. The SMILES string of the molecule is Cc1cc(Br)c2[nH]c3c(=O)occ(C)c3c2c1. The second-order valence-corrected chi connectivity index (χ2v) is 5.10. The molecule has 0 unspecified atom stereocenters. The number of aryl methyl sites for hydroxylation is 2. The van der Waals surface area contributed by atoms with Crippen molar-refractivity contribution in [3.63, 3.8) is 0 Å². The summed E-state index contributed by atoms with van der Waals surface area (Å²) in [6, 6.07) is 4.10. The maximum Gasteiger partial charge on any atom is 0.360 e. The highest BCUT2D eigenvalue weighted by atomic mass is 79.9. The average molecular weight is 292 g/mol. The predicted molar refractivity (Wildman–Crippen MR) is 71.5 cm³/mol. The minimum Gasteiger partial charge on any atom is -0.430 e. The molecule has 3 rings (SSSR count). The van der Waals surface area contributed by atoms with Crippen LogP contribution >= 0.6 is 15.9 Å². The van der Waals surface area contributed by atoms with E-state index in [1.807, 2.05) is 19.9 Å². The van der Waals surface area contributed by atoms with Crippen molar-refractivity contribution in [1.82, 2.24) is 4.98 Å². The number of nitrogens with one attached hydrogen (secondary N) is 1. The Morgan fingerprint density at radius 3 is 2.76 bits per heavy atom. The number of H-pyrrole nitrogens is 1. The molecule has 0 saturated heterocycles. The van der Waals surface area contributed by atoms with E-state index in [2.05, 4.69) is 27.0 Å². The van der Waals surface area contributed by atoms with E-state index in [-0.39, 0.29) is 5.63 Å². The largest absolute Gasteiger partial charge is 0.430 e. The number of halogens is 1. The number of rotatable bonds is 0. The summed E-state index contributed by atoms with van der Waals surface area (Å²) in [6.45, 7) is 3.97. The lowest BCUT2D eigenvalue weighted by atomic mass is 10.1. The van der Waals surface area contributed by atoms with Gasteiger partial charge < -0.3 is 9.40 Å². The van der Waals surface area contributed by atoms with Gasteiger partial charge in [-0.25, -0.2) is 4.79 Å². The number of aromatic nitrogens is 1. The van der Waals surface area contributed by atoms with Gasteiger partial charge in [-0.3, -0.25) is 0 Å². The highest BCUT2D eigenvalue weighted by Gasteiger charge is 2.13. The number of fused-ring (bicyclic) bond motifs is 3. The lowest BCUT2D eigenvalue weighted by Crippen LogP contribution is -1.98. The zero-order chi connectivity index (χ0) is 12.2. The third-order valence-corrected chi connectivity index (χ3v) is 3.57. The molecule has 0 radical (unpaired) electrons. The molecule has 0 atom stereocenters. The summed E-state index contributed by atoms with van der Waals surface area (Å²) < 4.78 is 5.93. The molecule has 2 heterocycles. The molecule has 1 N–H and O–H groups in total. The van der Waals surface area contributed by atoms with Gasteiger partial charge in [0.25, 0.3) is 0 Å². The van der Waals surface area contributed by atoms with Crippen LogP contribution in [0.4, 0.5) is 0 Å². The molecule has 0 aliphatic rings. The molecule has 0 spiro atoms. The van der Waals surface area contributed by atoms with Crippen LogP contribution < -0.4 is 5.63 Å². The first-order valence-electron chi connectivity index (χ1n) is 5.28. The minimum atomic E-state index is -0.327. The van der Waals surface area contributed by atoms with E-state index in [0.29, 0.717) is 5.52 Å². The van der Waals surface area contributed by atoms with Crippen molar-refractivity contribution in [3.8, 4) is 0 Å². The molecular weight excluding hydrogens is 282 g/mol. The van der Waals surface area contributed by atoms with Crippen LogP contribution in [0.3, 0.4) is 0 Å². The van der Waals surface area contributed by atoms with Crippen LogP contribution in [0, 0.1) is 13.8 Å². The Morgan fingerprint density at radius 1 is 1.24 bits per heavy atom. The quantitative estimate of drug-likeness (QED) is 0.687. The topological polar surface area (TPSA) is 46.0 Å². The Morgan fingerprint density at radius 2 is 2.00 bits per heavy atom. The van der Waals surface area contributed by atoms with Crippen LogP contribution in [-0.4, -0.2) is 4.98 Å². The number of hydrogen-bond donors (Lipinski definition) is 1. The Hall–Kier alpha value is -1.55. The van der Waals surface area contributed by atoms with E-state index >= 15 is 0 Å². The molecule has 0 amide bonds. The van der Waals surface area contributed by atoms with Gasteiger partial charge in [-0.15, -0.1) is 0 Å². The van der Waals surface area contributed by atoms with Gasteiger partial charge in [-0.2, -0.15) is 0 Å². The fourth-order valence-corrected chi connectivity index (χ4v) is 2.88. The van der Waals surface area contributed by atoms with Crippen molar-refractivity contribution in [1.29, 1.82) is 0 Å². The summed E-state index contributed by atoms with van der Waals surface area (Å²) in [5.74, 6) is 0. The first-order valence-corrected chi connectivity index (χ1v) is 6.07. The van der Waals surface area contributed by atoms with Gasteiger partial charge in [0.1, 0.15) is 5.52 Å². The lowest BCUT2D eigenvalue weighted by molar-refractivity contribution is 0.515. The molecule has 17 heavy (non-hydrogen) atoms. The summed E-state index contributed by atoms with van der Waals surface area (Å²) in [5, 5.41) is 2.00. The summed E-state index contributed by atoms with van der Waals surface area (Å²) in [5.41, 5.74) is 3.26. The molecule has 0 aliphatic carbocycles. The van der Waals surface area contributed by atoms with E-state index < -0.39 is 0 Å². The highest BCUT2D eigenvalue weighted by Crippen LogP contribution is 2.31. The van der Waals surface area contributed by atoms with Gasteiger partial charge in [-0.05, 0) is 53.0 Å². The van der Waals surface area contributed by atoms with Crippen LogP contribution in [0.25, 0.3) is 21.8 Å². The minimum absolute atomic E-state index is 0.327. The van der Waals surface area contributed by atoms with Gasteiger partial charge in [0.15, 0.2) is 0 Å². The van der Waals surface area contributed by atoms with Crippen molar-refractivity contribution in [2.75, 3.05) is 0 Å². The molecule has 2 aromatic heterocycles. The number of hydrogen-bond acceptors (Lipinski definition) is 2. The second kappa shape index (κ2) is 3.47. The number of benzene rings is 1. The fraction of sp³-hybridized carbons (Fsp3) is 0.154. The maximum atomic E-state index is 11.7. The molecular formula is C13H10BrNO2. The van der Waals surface area contributed by atoms with Crippen molar-refractivity contribution in [2.45, 2.75) is 13.8 Å². The molecule has 0 bridgehead atoms. The third-order valence-electron chi connectivity index (χ3n) is 2.95. The van der Waals surface area contributed by atoms with Crippen LogP contribution in [0.5, 0.6) is 0 Å². The molecule has 1 aromatic carbocycles. The lowest BCUT2D eigenvalue weighted by Gasteiger charge is -1.98. The Labute approximate surface area is 106 Å². The maximum absolute atomic E-state index is 11.7. The first-order chi connectivity index (χ1) is 8.08. The summed E-state index contributed by atoms with van der Waals surface area (Å²) in [6.07, 6.45) is 1.51. The normalized spacial score (nSPS) is 11.5. The van der Waals surface area contributed by atoms with Crippen molar-refractivity contribution >= 4 is 37.7 Å². The summed E-state index contributed by atoms with van der Waals surface area (Å²) in [7, 11) is 0. The van der Waals surface area contributed by atoms with Crippen LogP contribution in [-0.2, 0) is 0 Å². The second-order valence-electron chi connectivity index (χ2n) is 4.25. The van der Waals surface area contributed by atoms with Crippen LogP contribution in [0.15, 0.2) is 32.1 Å². The van der Waals surface area contributed by atoms with E-state index in [4.69, 9.17) is 4.42 Å². The molecule has 0 saturated carbocycles.